The molecule has 2 aromatic rings. The Morgan fingerprint density at radius 2 is 1.95 bits per heavy atom. The van der Waals surface area contributed by atoms with Crippen LogP contribution in [0, 0.1) is 6.92 Å². The Balaban J connectivity index is 1.82. The van der Waals surface area contributed by atoms with Crippen molar-refractivity contribution in [1.29, 1.82) is 0 Å². The number of rotatable bonds is 5. The summed E-state index contributed by atoms with van der Waals surface area (Å²) in [4.78, 5) is 16.1. The molecule has 1 heterocycles. The Morgan fingerprint density at radius 1 is 1.20 bits per heavy atom. The summed E-state index contributed by atoms with van der Waals surface area (Å²) in [5.74, 6) is -0.0587. The molecule has 1 amide bonds. The third-order valence-corrected chi connectivity index (χ3v) is 3.04. The minimum atomic E-state index is -0.0587. The van der Waals surface area contributed by atoms with Crippen molar-refractivity contribution in [2.24, 2.45) is 0 Å². The van der Waals surface area contributed by atoms with Gasteiger partial charge in [-0.2, -0.15) is 0 Å². The lowest BCUT2D eigenvalue weighted by Gasteiger charge is -2.13. The molecule has 1 atom stereocenters. The van der Waals surface area contributed by atoms with Crippen LogP contribution in [-0.4, -0.2) is 17.4 Å². The van der Waals surface area contributed by atoms with Crippen LogP contribution >= 0.6 is 0 Å². The fourth-order valence-corrected chi connectivity index (χ4v) is 1.82. The lowest BCUT2D eigenvalue weighted by atomic mass is 10.2. The van der Waals surface area contributed by atoms with Gasteiger partial charge in [-0.15, -0.1) is 0 Å². The monoisotopic (exact) mass is 269 g/mol. The van der Waals surface area contributed by atoms with E-state index in [2.05, 4.69) is 15.6 Å². The number of nitrogens with one attached hydrogen (secondary N) is 2. The van der Waals surface area contributed by atoms with E-state index in [0.717, 1.165) is 11.4 Å². The van der Waals surface area contributed by atoms with Gasteiger partial charge in [0.05, 0.1) is 12.2 Å². The van der Waals surface area contributed by atoms with Crippen molar-refractivity contribution in [3.63, 3.8) is 0 Å². The normalized spacial score (nSPS) is 11.9. The van der Waals surface area contributed by atoms with Gasteiger partial charge >= 0.3 is 0 Å². The number of hydrogen-bond acceptors (Lipinski definition) is 3. The third kappa shape index (κ3) is 4.17. The van der Waals surface area contributed by atoms with Gasteiger partial charge in [-0.1, -0.05) is 23.8 Å². The second-order valence-electron chi connectivity index (χ2n) is 4.77. The van der Waals surface area contributed by atoms with Crippen molar-refractivity contribution in [3.05, 3.63) is 59.9 Å². The molecule has 0 aliphatic heterocycles. The Kier molecular flexibility index (Phi) is 4.85. The van der Waals surface area contributed by atoms with Crippen LogP contribution in [0.5, 0.6) is 0 Å². The fraction of sp³-hybridized carbons (Fsp3) is 0.250. The first-order valence-corrected chi connectivity index (χ1v) is 6.66. The predicted molar refractivity (Wildman–Crippen MR) is 80.5 cm³/mol. The maximum absolute atomic E-state index is 11.8. The number of amides is 1. The average molecular weight is 269 g/mol. The number of benzene rings is 1. The van der Waals surface area contributed by atoms with E-state index in [4.69, 9.17) is 0 Å². The summed E-state index contributed by atoms with van der Waals surface area (Å²) in [6.07, 6.45) is 1.75. The maximum Gasteiger partial charge on any atom is 0.238 e. The van der Waals surface area contributed by atoms with Gasteiger partial charge < -0.3 is 10.6 Å². The largest absolute Gasteiger partial charge is 0.325 e. The zero-order valence-electron chi connectivity index (χ0n) is 11.8. The van der Waals surface area contributed by atoms with Crippen LogP contribution in [0.15, 0.2) is 48.7 Å². The number of aryl methyl sites for hydroxylation is 1. The molecule has 2 rings (SSSR count). The van der Waals surface area contributed by atoms with Crippen LogP contribution < -0.4 is 10.6 Å². The van der Waals surface area contributed by atoms with Gasteiger partial charge in [-0.05, 0) is 38.1 Å². The molecule has 104 valence electrons. The smallest absolute Gasteiger partial charge is 0.238 e. The number of anilines is 1. The average Bonchev–Trinajstić information content (AvgIpc) is 2.48. The van der Waals surface area contributed by atoms with Gasteiger partial charge in [0.25, 0.3) is 0 Å². The number of nitrogens with zero attached hydrogens (tertiary/aromatic N) is 1. The molecular weight excluding hydrogens is 250 g/mol. The van der Waals surface area contributed by atoms with Crippen LogP contribution in [-0.2, 0) is 4.79 Å². The Labute approximate surface area is 119 Å². The van der Waals surface area contributed by atoms with Gasteiger partial charge in [-0.25, -0.2) is 0 Å². The molecule has 1 aromatic carbocycles. The Hall–Kier alpha value is -2.20. The van der Waals surface area contributed by atoms with Gasteiger partial charge in [0.15, 0.2) is 0 Å². The van der Waals surface area contributed by atoms with Crippen LogP contribution in [0.1, 0.15) is 24.2 Å². The summed E-state index contributed by atoms with van der Waals surface area (Å²) in [5, 5.41) is 6.01. The maximum atomic E-state index is 11.8. The fourth-order valence-electron chi connectivity index (χ4n) is 1.82. The Morgan fingerprint density at radius 3 is 2.60 bits per heavy atom. The zero-order valence-corrected chi connectivity index (χ0v) is 11.8. The van der Waals surface area contributed by atoms with Crippen molar-refractivity contribution < 1.29 is 4.79 Å². The van der Waals surface area contributed by atoms with E-state index in [9.17, 15) is 4.79 Å². The molecule has 1 aromatic heterocycles. The molecule has 0 spiro atoms. The minimum Gasteiger partial charge on any atom is -0.325 e. The van der Waals surface area contributed by atoms with E-state index in [1.54, 1.807) is 6.20 Å². The minimum absolute atomic E-state index is 0.0416. The zero-order chi connectivity index (χ0) is 14.4. The summed E-state index contributed by atoms with van der Waals surface area (Å²) >= 11 is 0. The highest BCUT2D eigenvalue weighted by atomic mass is 16.1. The molecule has 0 radical (unpaired) electrons. The molecule has 0 aliphatic rings. The number of carbonyl (C=O) groups is 1. The summed E-state index contributed by atoms with van der Waals surface area (Å²) in [5.41, 5.74) is 2.91. The van der Waals surface area contributed by atoms with E-state index < -0.39 is 0 Å². The summed E-state index contributed by atoms with van der Waals surface area (Å²) in [6.45, 7) is 4.26. The second kappa shape index (κ2) is 6.82. The highest BCUT2D eigenvalue weighted by Crippen LogP contribution is 2.09. The molecule has 20 heavy (non-hydrogen) atoms. The first-order chi connectivity index (χ1) is 9.65. The van der Waals surface area contributed by atoms with E-state index in [0.29, 0.717) is 0 Å². The summed E-state index contributed by atoms with van der Waals surface area (Å²) in [7, 11) is 0. The predicted octanol–water partition coefficient (Wildman–Crippen LogP) is 2.68. The quantitative estimate of drug-likeness (QED) is 0.877. The number of aromatic nitrogens is 1. The van der Waals surface area contributed by atoms with Gasteiger partial charge in [-0.3, -0.25) is 9.78 Å². The van der Waals surface area contributed by atoms with Crippen LogP contribution in [0.3, 0.4) is 0 Å². The van der Waals surface area contributed by atoms with E-state index in [1.807, 2.05) is 56.3 Å². The third-order valence-electron chi connectivity index (χ3n) is 3.04. The second-order valence-corrected chi connectivity index (χ2v) is 4.77. The molecule has 4 nitrogen and oxygen atoms in total. The first kappa shape index (κ1) is 14.2. The molecule has 0 bridgehead atoms. The lowest BCUT2D eigenvalue weighted by Crippen LogP contribution is -2.30. The summed E-state index contributed by atoms with van der Waals surface area (Å²) in [6, 6.07) is 13.5. The summed E-state index contributed by atoms with van der Waals surface area (Å²) < 4.78 is 0. The van der Waals surface area contributed by atoms with Crippen molar-refractivity contribution in [1.82, 2.24) is 10.3 Å². The molecule has 0 saturated heterocycles. The van der Waals surface area contributed by atoms with Crippen molar-refractivity contribution in [2.45, 2.75) is 19.9 Å². The highest BCUT2D eigenvalue weighted by molar-refractivity contribution is 5.92. The molecule has 0 unspecified atom stereocenters. The standard InChI is InChI=1S/C16H19N3O/c1-12-6-8-14(9-7-12)19-16(20)11-18-13(2)15-5-3-4-10-17-15/h3-10,13,18H,11H2,1-2H3,(H,19,20)/t13-/m1/s1. The van der Waals surface area contributed by atoms with E-state index in [-0.39, 0.29) is 18.5 Å². The first-order valence-electron chi connectivity index (χ1n) is 6.66. The Bertz CT molecular complexity index is 552. The van der Waals surface area contributed by atoms with E-state index >= 15 is 0 Å². The van der Waals surface area contributed by atoms with Crippen molar-refractivity contribution in [2.75, 3.05) is 11.9 Å². The molecule has 0 saturated carbocycles. The van der Waals surface area contributed by atoms with Gasteiger partial charge in [0, 0.05) is 17.9 Å². The number of hydrogen-bond donors (Lipinski definition) is 2. The molecule has 4 heteroatoms. The van der Waals surface area contributed by atoms with E-state index in [1.165, 1.54) is 5.56 Å². The topological polar surface area (TPSA) is 54.0 Å². The van der Waals surface area contributed by atoms with Crippen LogP contribution in [0.2, 0.25) is 0 Å². The number of carbonyl (C=O) groups excluding carboxylic acids is 1. The molecular formula is C16H19N3O. The van der Waals surface area contributed by atoms with Gasteiger partial charge in [0.2, 0.25) is 5.91 Å². The molecule has 2 N–H and O–H groups in total. The highest BCUT2D eigenvalue weighted by Gasteiger charge is 2.08. The van der Waals surface area contributed by atoms with Crippen LogP contribution in [0.4, 0.5) is 5.69 Å². The molecule has 0 fully saturated rings. The van der Waals surface area contributed by atoms with Crippen LogP contribution in [0.25, 0.3) is 0 Å². The van der Waals surface area contributed by atoms with Crippen molar-refractivity contribution in [3.8, 4) is 0 Å². The number of pyridine rings is 1. The van der Waals surface area contributed by atoms with Crippen molar-refractivity contribution >= 4 is 11.6 Å². The molecule has 0 aliphatic carbocycles. The van der Waals surface area contributed by atoms with Gasteiger partial charge in [0.1, 0.15) is 0 Å². The lowest BCUT2D eigenvalue weighted by molar-refractivity contribution is -0.115. The SMILES string of the molecule is Cc1ccc(NC(=O)CN[C@H](C)c2ccccn2)cc1.